The topological polar surface area (TPSA) is 121 Å². The molecular formula is C32H20N6O6. The Kier molecular flexibility index (Phi) is 3.82. The van der Waals surface area contributed by atoms with E-state index < -0.39 is 0 Å². The molecule has 0 N–H and O–H groups in total. The number of benzene rings is 3. The highest BCUT2D eigenvalue weighted by atomic mass is 16.2. The first-order valence-electron chi connectivity index (χ1n) is 14.7. The molecule has 6 heterocycles. The van der Waals surface area contributed by atoms with E-state index in [1.165, 1.54) is 15.0 Å². The molecule has 3 saturated carbocycles. The second-order valence-electron chi connectivity index (χ2n) is 12.6. The molecule has 6 unspecified atom stereocenters. The zero-order chi connectivity index (χ0) is 29.5. The highest BCUT2D eigenvalue weighted by Gasteiger charge is 2.89. The third-order valence-corrected chi connectivity index (χ3v) is 11.0. The fraction of sp³-hybridized carbons (Fsp3) is 0.250. The van der Waals surface area contributed by atoms with Crippen molar-refractivity contribution in [1.29, 1.82) is 0 Å². The van der Waals surface area contributed by atoms with Crippen LogP contribution < -0.4 is 0 Å². The fourth-order valence-corrected chi connectivity index (χ4v) is 9.36. The van der Waals surface area contributed by atoms with Crippen LogP contribution in [-0.2, 0) is 0 Å². The lowest BCUT2D eigenvalue weighted by atomic mass is 9.71. The van der Waals surface area contributed by atoms with Gasteiger partial charge in [0.15, 0.2) is 0 Å². The zero-order valence-electron chi connectivity index (χ0n) is 22.7. The minimum Gasteiger partial charge on any atom is -0.267 e. The standard InChI is InChI=1S/C32H20N6O6/c39-27-13-7-1-2-8-14(13)28(40)36(27)33-21-19-23-24(34(23)37-29(41)15-9-3-4-10-16(15)30(37)42)20(22(21)33)26-25(19)35(26)38-31(43)17-11-5-6-12-18(17)32(38)44/h1-12,19-26H. The van der Waals surface area contributed by atoms with E-state index in [2.05, 4.69) is 0 Å². The summed E-state index contributed by atoms with van der Waals surface area (Å²) in [5.41, 5.74) is 2.19. The van der Waals surface area contributed by atoms with E-state index in [1.54, 1.807) is 72.8 Å². The van der Waals surface area contributed by atoms with Crippen LogP contribution in [0.2, 0.25) is 0 Å². The average Bonchev–Trinajstić information content (AvgIpc) is 4.00. The Morgan fingerprint density at radius 2 is 0.500 bits per heavy atom. The van der Waals surface area contributed by atoms with Gasteiger partial charge in [-0.15, -0.1) is 0 Å². The van der Waals surface area contributed by atoms with Gasteiger partial charge in [0.05, 0.1) is 69.6 Å². The normalized spacial score (nSPS) is 39.3. The van der Waals surface area contributed by atoms with Gasteiger partial charge >= 0.3 is 0 Å². The summed E-state index contributed by atoms with van der Waals surface area (Å²) in [6, 6.07) is 18.9. The lowest BCUT2D eigenvalue weighted by Gasteiger charge is -2.26. The van der Waals surface area contributed by atoms with Crippen LogP contribution in [0, 0.1) is 11.8 Å². The first kappa shape index (κ1) is 23.4. The van der Waals surface area contributed by atoms with Crippen LogP contribution in [0.25, 0.3) is 0 Å². The van der Waals surface area contributed by atoms with Gasteiger partial charge < -0.3 is 0 Å². The van der Waals surface area contributed by atoms with Crippen LogP contribution in [0.1, 0.15) is 62.1 Å². The monoisotopic (exact) mass is 584 g/mol. The van der Waals surface area contributed by atoms with Gasteiger partial charge in [-0.25, -0.2) is 30.1 Å². The Morgan fingerprint density at radius 3 is 0.682 bits per heavy atom. The minimum atomic E-state index is -0.365. The molecule has 6 atom stereocenters. The van der Waals surface area contributed by atoms with Gasteiger partial charge in [-0.3, -0.25) is 28.8 Å². The van der Waals surface area contributed by atoms with Crippen molar-refractivity contribution in [3.05, 3.63) is 106 Å². The van der Waals surface area contributed by atoms with Crippen LogP contribution in [-0.4, -0.2) is 102 Å². The van der Waals surface area contributed by atoms with Crippen molar-refractivity contribution in [1.82, 2.24) is 30.1 Å². The molecule has 0 radical (unpaired) electrons. The van der Waals surface area contributed by atoms with Gasteiger partial charge in [0, 0.05) is 11.8 Å². The van der Waals surface area contributed by atoms with Crippen LogP contribution in [0.15, 0.2) is 72.8 Å². The van der Waals surface area contributed by atoms with E-state index in [0.717, 1.165) is 0 Å². The average molecular weight is 585 g/mol. The van der Waals surface area contributed by atoms with Crippen molar-refractivity contribution in [2.75, 3.05) is 0 Å². The maximum Gasteiger partial charge on any atom is 0.276 e. The molecule has 6 fully saturated rings. The number of hydrazine groups is 3. The smallest absolute Gasteiger partial charge is 0.267 e. The summed E-state index contributed by atoms with van der Waals surface area (Å²) in [6.45, 7) is 0. The highest BCUT2D eigenvalue weighted by Crippen LogP contribution is 2.71. The maximum absolute atomic E-state index is 13.5. The molecule has 2 bridgehead atoms. The molecule has 3 aromatic rings. The van der Waals surface area contributed by atoms with Gasteiger partial charge in [-0.1, -0.05) is 36.4 Å². The summed E-state index contributed by atoms with van der Waals surface area (Å²) < 4.78 is 0. The van der Waals surface area contributed by atoms with Crippen molar-refractivity contribution in [2.45, 2.75) is 36.3 Å². The number of imide groups is 3. The van der Waals surface area contributed by atoms with E-state index in [9.17, 15) is 28.8 Å². The largest absolute Gasteiger partial charge is 0.276 e. The fourth-order valence-electron chi connectivity index (χ4n) is 9.36. The Balaban J connectivity index is 0.972. The molecule has 12 rings (SSSR count). The first-order chi connectivity index (χ1) is 21.4. The predicted molar refractivity (Wildman–Crippen MR) is 146 cm³/mol. The van der Waals surface area contributed by atoms with E-state index >= 15 is 0 Å². The lowest BCUT2D eigenvalue weighted by molar-refractivity contribution is 0.0154. The van der Waals surface area contributed by atoms with Gasteiger partial charge in [0.2, 0.25) is 0 Å². The van der Waals surface area contributed by atoms with Gasteiger partial charge in [-0.2, -0.15) is 0 Å². The number of hydrogen-bond donors (Lipinski definition) is 0. The van der Waals surface area contributed by atoms with Crippen LogP contribution in [0.4, 0.5) is 0 Å². The molecule has 6 aliphatic heterocycles. The lowest BCUT2D eigenvalue weighted by Crippen LogP contribution is -2.44. The summed E-state index contributed by atoms with van der Waals surface area (Å²) in [4.78, 5) is 80.8. The second-order valence-corrected chi connectivity index (χ2v) is 12.6. The van der Waals surface area contributed by atoms with Crippen LogP contribution in [0.5, 0.6) is 0 Å². The van der Waals surface area contributed by atoms with Crippen LogP contribution >= 0.6 is 0 Å². The van der Waals surface area contributed by atoms with Crippen molar-refractivity contribution < 1.29 is 28.8 Å². The van der Waals surface area contributed by atoms with Crippen molar-refractivity contribution in [3.63, 3.8) is 0 Å². The first-order valence-corrected chi connectivity index (χ1v) is 14.7. The summed E-state index contributed by atoms with van der Waals surface area (Å²) >= 11 is 0. The Labute approximate surface area is 248 Å². The third kappa shape index (κ3) is 2.37. The van der Waals surface area contributed by atoms with Crippen LogP contribution in [0.3, 0.4) is 0 Å². The SMILES string of the molecule is O=C1c2ccccc2C(=O)N1N1C2C3C4C(C(C21)C1C3N1N1C(=O)c2ccccc2C1=O)N4N1C(=O)c2ccccc2C1=O. The molecule has 214 valence electrons. The number of amides is 6. The molecule has 3 aromatic carbocycles. The Morgan fingerprint density at radius 1 is 0.318 bits per heavy atom. The molecule has 3 aliphatic carbocycles. The highest BCUT2D eigenvalue weighted by molar-refractivity contribution is 6.22. The quantitative estimate of drug-likeness (QED) is 0.328. The number of rotatable bonds is 3. The van der Waals surface area contributed by atoms with Crippen molar-refractivity contribution >= 4 is 35.4 Å². The Bertz CT molecular complexity index is 1670. The molecule has 12 nitrogen and oxygen atoms in total. The summed E-state index contributed by atoms with van der Waals surface area (Å²) in [5, 5.41) is 9.40. The number of carbonyl (C=O) groups is 6. The van der Waals surface area contributed by atoms with Crippen molar-refractivity contribution in [2.24, 2.45) is 11.8 Å². The van der Waals surface area contributed by atoms with Gasteiger partial charge in [0.1, 0.15) is 0 Å². The summed E-state index contributed by atoms with van der Waals surface area (Å²) in [7, 11) is 0. The molecular weight excluding hydrogens is 564 g/mol. The molecule has 12 heteroatoms. The van der Waals surface area contributed by atoms with Crippen molar-refractivity contribution in [3.8, 4) is 0 Å². The summed E-state index contributed by atoms with van der Waals surface area (Å²) in [5.74, 6) is -2.66. The molecule has 9 aliphatic rings. The molecule has 3 saturated heterocycles. The maximum atomic E-state index is 13.5. The second kappa shape index (κ2) is 7.18. The number of carbonyl (C=O) groups excluding carboxylic acids is 6. The summed E-state index contributed by atoms with van der Waals surface area (Å²) in [6.07, 6.45) is 0. The van der Waals surface area contributed by atoms with E-state index in [0.29, 0.717) is 33.4 Å². The van der Waals surface area contributed by atoms with E-state index in [4.69, 9.17) is 0 Å². The number of fused-ring (bicyclic) bond motifs is 3. The number of nitrogens with zero attached hydrogens (tertiary/aromatic N) is 6. The van der Waals surface area contributed by atoms with Gasteiger partial charge in [-0.05, 0) is 36.4 Å². The predicted octanol–water partition coefficient (Wildman–Crippen LogP) is 1.04. The van der Waals surface area contributed by atoms with E-state index in [1.807, 2.05) is 15.0 Å². The molecule has 0 spiro atoms. The van der Waals surface area contributed by atoms with E-state index in [-0.39, 0.29) is 83.5 Å². The third-order valence-electron chi connectivity index (χ3n) is 11.0. The Hall–Kier alpha value is -5.04. The molecule has 44 heavy (non-hydrogen) atoms. The minimum absolute atomic E-state index is 0.231. The zero-order valence-corrected chi connectivity index (χ0v) is 22.7. The number of hydrogen-bond acceptors (Lipinski definition) is 9. The van der Waals surface area contributed by atoms with Gasteiger partial charge in [0.25, 0.3) is 35.4 Å². The molecule has 6 amide bonds. The molecule has 0 aromatic heterocycles.